The van der Waals surface area contributed by atoms with Crippen molar-refractivity contribution in [1.29, 1.82) is 0 Å². The Morgan fingerprint density at radius 2 is 1.91 bits per heavy atom. The van der Waals surface area contributed by atoms with Gasteiger partial charge in [-0.25, -0.2) is 9.59 Å². The van der Waals surface area contributed by atoms with Crippen LogP contribution in [0.15, 0.2) is 59.3 Å². The lowest BCUT2D eigenvalue weighted by molar-refractivity contribution is -0.146. The molecule has 2 aromatic carbocycles. The number of nitrogens with zero attached hydrogens (tertiary/aromatic N) is 3. The molecule has 1 amide bonds. The number of carbonyl (C=O) groups excluding carboxylic acids is 2. The van der Waals surface area contributed by atoms with Crippen LogP contribution >= 0.6 is 11.6 Å². The van der Waals surface area contributed by atoms with Crippen LogP contribution in [0.3, 0.4) is 0 Å². The average molecular weight is 480 g/mol. The molecule has 0 bridgehead atoms. The van der Waals surface area contributed by atoms with Gasteiger partial charge in [-0.3, -0.25) is 4.79 Å². The summed E-state index contributed by atoms with van der Waals surface area (Å²) in [6, 6.07) is 10.7. The lowest BCUT2D eigenvalue weighted by Crippen LogP contribution is -2.21. The van der Waals surface area contributed by atoms with E-state index < -0.39 is 12.0 Å². The van der Waals surface area contributed by atoms with Crippen LogP contribution in [0.4, 0.5) is 5.69 Å². The van der Waals surface area contributed by atoms with E-state index >= 15 is 0 Å². The van der Waals surface area contributed by atoms with E-state index in [1.165, 1.54) is 29.3 Å². The van der Waals surface area contributed by atoms with Crippen LogP contribution < -0.4 is 5.01 Å². The summed E-state index contributed by atoms with van der Waals surface area (Å²) in [5.74, 6) is -1.76. The molecule has 0 saturated heterocycles. The highest BCUT2D eigenvalue weighted by Crippen LogP contribution is 2.32. The Hall–Kier alpha value is -3.91. The lowest BCUT2D eigenvalue weighted by atomic mass is 10.1. The molecule has 1 aliphatic rings. The summed E-state index contributed by atoms with van der Waals surface area (Å²) in [7, 11) is 0. The number of hydrogen-bond donors (Lipinski definition) is 1. The van der Waals surface area contributed by atoms with E-state index in [0.29, 0.717) is 27.6 Å². The number of ether oxygens (including phenoxy) is 1. The van der Waals surface area contributed by atoms with Crippen LogP contribution in [-0.2, 0) is 14.3 Å². The molecule has 1 aromatic heterocycles. The fourth-order valence-electron chi connectivity index (χ4n) is 3.83. The molecule has 9 heteroatoms. The minimum absolute atomic E-state index is 0.118. The van der Waals surface area contributed by atoms with Gasteiger partial charge in [-0.15, -0.1) is 0 Å². The van der Waals surface area contributed by atoms with Crippen molar-refractivity contribution in [2.24, 2.45) is 5.10 Å². The van der Waals surface area contributed by atoms with Gasteiger partial charge in [0.2, 0.25) is 0 Å². The van der Waals surface area contributed by atoms with Gasteiger partial charge in [0.15, 0.2) is 0 Å². The van der Waals surface area contributed by atoms with Gasteiger partial charge in [-0.05, 0) is 69.3 Å². The lowest BCUT2D eigenvalue weighted by Gasteiger charge is -2.13. The number of halogens is 1. The Labute approximate surface area is 200 Å². The van der Waals surface area contributed by atoms with Crippen molar-refractivity contribution in [3.63, 3.8) is 0 Å². The number of hydrogen-bond acceptors (Lipinski definition) is 5. The van der Waals surface area contributed by atoms with Crippen molar-refractivity contribution >= 4 is 57.8 Å². The first-order valence-corrected chi connectivity index (χ1v) is 11.0. The normalized spacial score (nSPS) is 15.6. The third-order valence-electron chi connectivity index (χ3n) is 5.59. The van der Waals surface area contributed by atoms with Crippen molar-refractivity contribution in [2.75, 3.05) is 11.6 Å². The molecule has 2 heterocycles. The second kappa shape index (κ2) is 9.15. The highest BCUT2D eigenvalue weighted by atomic mass is 35.5. The Kier molecular flexibility index (Phi) is 6.26. The van der Waals surface area contributed by atoms with Gasteiger partial charge in [-0.1, -0.05) is 11.6 Å². The smallest absolute Gasteiger partial charge is 0.335 e. The zero-order valence-electron chi connectivity index (χ0n) is 18.8. The first-order chi connectivity index (χ1) is 16.2. The molecular weight excluding hydrogens is 458 g/mol. The average Bonchev–Trinajstić information content (AvgIpc) is 3.30. The van der Waals surface area contributed by atoms with Gasteiger partial charge in [0.05, 0.1) is 29.1 Å². The van der Waals surface area contributed by atoms with Gasteiger partial charge in [0.1, 0.15) is 6.04 Å². The molecule has 34 heavy (non-hydrogen) atoms. The van der Waals surface area contributed by atoms with Crippen molar-refractivity contribution in [3.8, 4) is 0 Å². The predicted octanol–water partition coefficient (Wildman–Crippen LogP) is 4.92. The minimum atomic E-state index is -1.05. The van der Waals surface area contributed by atoms with E-state index in [9.17, 15) is 14.4 Å². The number of carboxylic acids is 1. The molecule has 1 N–H and O–H groups in total. The van der Waals surface area contributed by atoms with Crippen LogP contribution in [0.5, 0.6) is 0 Å². The number of esters is 1. The number of aromatic nitrogens is 1. The first kappa shape index (κ1) is 23.3. The zero-order valence-corrected chi connectivity index (χ0v) is 19.5. The summed E-state index contributed by atoms with van der Waals surface area (Å²) in [6.07, 6.45) is 3.51. The standard InChI is InChI=1S/C25H22ClN3O5/c1-4-34-25(33)15(3)28-13-17(21-12-18(26)7-10-22(21)28)11-20-14(2)27-29(23(20)30)19-8-5-16(6-9-19)24(31)32/h5-13,15H,4H2,1-3H3,(H,31,32). The fourth-order valence-corrected chi connectivity index (χ4v) is 4.00. The van der Waals surface area contributed by atoms with Crippen molar-refractivity contribution in [1.82, 2.24) is 4.57 Å². The monoisotopic (exact) mass is 479 g/mol. The highest BCUT2D eigenvalue weighted by molar-refractivity contribution is 6.33. The third-order valence-corrected chi connectivity index (χ3v) is 5.83. The van der Waals surface area contributed by atoms with Crippen LogP contribution in [-0.4, -0.2) is 39.8 Å². The number of carboxylic acid groups (broad SMARTS) is 1. The summed E-state index contributed by atoms with van der Waals surface area (Å²) < 4.78 is 6.97. The van der Waals surface area contributed by atoms with Crippen LogP contribution in [0.1, 0.15) is 42.7 Å². The third kappa shape index (κ3) is 4.20. The molecule has 0 aliphatic carbocycles. The Balaban J connectivity index is 1.74. The van der Waals surface area contributed by atoms with Crippen LogP contribution in [0.25, 0.3) is 17.0 Å². The molecule has 0 fully saturated rings. The van der Waals surface area contributed by atoms with Crippen molar-refractivity contribution in [2.45, 2.75) is 26.8 Å². The summed E-state index contributed by atoms with van der Waals surface area (Å²) in [5.41, 5.74) is 2.94. The van der Waals surface area contributed by atoms with Crippen molar-refractivity contribution < 1.29 is 24.2 Å². The largest absolute Gasteiger partial charge is 0.478 e. The number of benzene rings is 2. The van der Waals surface area contributed by atoms with E-state index in [0.717, 1.165) is 10.9 Å². The first-order valence-electron chi connectivity index (χ1n) is 10.6. The maximum Gasteiger partial charge on any atom is 0.335 e. The van der Waals surface area contributed by atoms with E-state index in [2.05, 4.69) is 5.10 Å². The van der Waals surface area contributed by atoms with Gasteiger partial charge in [0.25, 0.3) is 5.91 Å². The van der Waals surface area contributed by atoms with Gasteiger partial charge in [-0.2, -0.15) is 10.1 Å². The maximum absolute atomic E-state index is 13.2. The SMILES string of the molecule is CCOC(=O)C(C)n1cc(C=C2C(=O)N(c3ccc(C(=O)O)cc3)N=C2C)c2cc(Cl)ccc21. The molecule has 174 valence electrons. The molecule has 1 aliphatic heterocycles. The number of hydrazone groups is 1. The quantitative estimate of drug-likeness (QED) is 0.399. The van der Waals surface area contributed by atoms with E-state index in [1.54, 1.807) is 49.7 Å². The van der Waals surface area contributed by atoms with Gasteiger partial charge in [0, 0.05) is 27.7 Å². The molecular formula is C25H22ClN3O5. The minimum Gasteiger partial charge on any atom is -0.478 e. The Morgan fingerprint density at radius 1 is 1.21 bits per heavy atom. The molecule has 8 nitrogen and oxygen atoms in total. The second-order valence-electron chi connectivity index (χ2n) is 7.79. The van der Waals surface area contributed by atoms with E-state index in [1.807, 2.05) is 6.07 Å². The van der Waals surface area contributed by atoms with Gasteiger partial charge >= 0.3 is 11.9 Å². The highest BCUT2D eigenvalue weighted by Gasteiger charge is 2.29. The fraction of sp³-hybridized carbons (Fsp3) is 0.200. The molecule has 1 atom stereocenters. The molecule has 4 rings (SSSR count). The van der Waals surface area contributed by atoms with Crippen molar-refractivity contribution in [3.05, 3.63) is 70.4 Å². The number of amides is 1. The van der Waals surface area contributed by atoms with Crippen LogP contribution in [0.2, 0.25) is 5.02 Å². The molecule has 3 aromatic rings. The number of rotatable bonds is 6. The van der Waals surface area contributed by atoms with E-state index in [4.69, 9.17) is 21.4 Å². The Morgan fingerprint density at radius 3 is 2.56 bits per heavy atom. The summed E-state index contributed by atoms with van der Waals surface area (Å²) in [5, 5.41) is 16.0. The number of fused-ring (bicyclic) bond motifs is 1. The molecule has 0 spiro atoms. The molecule has 0 radical (unpaired) electrons. The molecule has 1 unspecified atom stereocenters. The summed E-state index contributed by atoms with van der Waals surface area (Å²) in [6.45, 7) is 5.50. The number of carbonyl (C=O) groups is 3. The van der Waals surface area contributed by atoms with Crippen LogP contribution in [0, 0.1) is 0 Å². The zero-order chi connectivity index (χ0) is 24.6. The Bertz CT molecular complexity index is 1370. The number of anilines is 1. The topological polar surface area (TPSA) is 101 Å². The predicted molar refractivity (Wildman–Crippen MR) is 130 cm³/mol. The van der Waals surface area contributed by atoms with E-state index in [-0.39, 0.29) is 24.0 Å². The second-order valence-corrected chi connectivity index (χ2v) is 8.23. The number of aromatic carboxylic acids is 1. The van der Waals surface area contributed by atoms with Gasteiger partial charge < -0.3 is 14.4 Å². The summed E-state index contributed by atoms with van der Waals surface area (Å²) in [4.78, 5) is 36.7. The summed E-state index contributed by atoms with van der Waals surface area (Å²) >= 11 is 6.24. The maximum atomic E-state index is 13.2. The molecule has 0 saturated carbocycles.